The summed E-state index contributed by atoms with van der Waals surface area (Å²) in [4.78, 5) is 25.1. The van der Waals surface area contributed by atoms with Crippen molar-refractivity contribution in [1.82, 2.24) is 14.9 Å². The second kappa shape index (κ2) is 11.9. The number of ether oxygens (including phenoxy) is 3. The molecule has 3 aromatic rings. The molecule has 1 aliphatic heterocycles. The SMILES string of the molecule is COc1cc(N2CCN(C(=O)OC(C)(C)C)CC2)ncc1-c1cnc(N)c(O[C@H](C)c2c(Cl)ccc(F)c2Cl)c1. The van der Waals surface area contributed by atoms with E-state index in [0.717, 1.165) is 0 Å². The molecule has 0 bridgehead atoms. The lowest BCUT2D eigenvalue weighted by Crippen LogP contribution is -2.50. The minimum atomic E-state index is -0.711. The topological polar surface area (TPSA) is 103 Å². The number of rotatable bonds is 6. The highest BCUT2D eigenvalue weighted by Gasteiger charge is 2.27. The maximum atomic E-state index is 14.1. The Hall–Kier alpha value is -3.50. The summed E-state index contributed by atoms with van der Waals surface area (Å²) in [6.45, 7) is 9.46. The van der Waals surface area contributed by atoms with Gasteiger partial charge in [-0.1, -0.05) is 23.2 Å². The third kappa shape index (κ3) is 6.62. The fourth-order valence-corrected chi connectivity index (χ4v) is 4.97. The van der Waals surface area contributed by atoms with Crippen molar-refractivity contribution >= 4 is 40.9 Å². The number of pyridine rings is 2. The lowest BCUT2D eigenvalue weighted by Gasteiger charge is -2.36. The average Bonchev–Trinajstić information content (AvgIpc) is 2.91. The van der Waals surface area contributed by atoms with E-state index in [2.05, 4.69) is 14.9 Å². The molecule has 1 aromatic carbocycles. The Morgan fingerprint density at radius 2 is 1.77 bits per heavy atom. The van der Waals surface area contributed by atoms with Crippen LogP contribution < -0.4 is 20.1 Å². The van der Waals surface area contributed by atoms with Gasteiger partial charge in [-0.25, -0.2) is 19.2 Å². The van der Waals surface area contributed by atoms with Gasteiger partial charge in [-0.3, -0.25) is 0 Å². The molecule has 3 heterocycles. The molecule has 2 N–H and O–H groups in total. The van der Waals surface area contributed by atoms with Crippen LogP contribution in [-0.2, 0) is 4.74 Å². The zero-order valence-electron chi connectivity index (χ0n) is 23.0. The molecule has 1 saturated heterocycles. The Bertz CT molecular complexity index is 1390. The van der Waals surface area contributed by atoms with Crippen LogP contribution in [-0.4, -0.2) is 59.9 Å². The highest BCUT2D eigenvalue weighted by atomic mass is 35.5. The minimum Gasteiger partial charge on any atom is -0.496 e. The highest BCUT2D eigenvalue weighted by molar-refractivity contribution is 6.36. The summed E-state index contributed by atoms with van der Waals surface area (Å²) in [5.41, 5.74) is 7.18. The maximum absolute atomic E-state index is 14.1. The van der Waals surface area contributed by atoms with E-state index < -0.39 is 17.5 Å². The van der Waals surface area contributed by atoms with Crippen LogP contribution in [0, 0.1) is 5.82 Å². The van der Waals surface area contributed by atoms with Gasteiger partial charge in [0.05, 0.1) is 12.1 Å². The van der Waals surface area contributed by atoms with E-state index in [1.54, 1.807) is 37.4 Å². The Labute approximate surface area is 242 Å². The van der Waals surface area contributed by atoms with Gasteiger partial charge in [-0.05, 0) is 45.9 Å². The van der Waals surface area contributed by atoms with Crippen LogP contribution >= 0.6 is 23.2 Å². The number of amides is 1. The van der Waals surface area contributed by atoms with Crippen molar-refractivity contribution in [3.63, 3.8) is 0 Å². The van der Waals surface area contributed by atoms with E-state index in [0.29, 0.717) is 54.4 Å². The maximum Gasteiger partial charge on any atom is 0.410 e. The number of piperazine rings is 1. The molecule has 0 radical (unpaired) electrons. The van der Waals surface area contributed by atoms with E-state index in [9.17, 15) is 9.18 Å². The number of hydrogen-bond acceptors (Lipinski definition) is 8. The molecule has 0 aliphatic carbocycles. The molecule has 0 spiro atoms. The summed E-state index contributed by atoms with van der Waals surface area (Å²) < 4.78 is 31.2. The van der Waals surface area contributed by atoms with E-state index >= 15 is 0 Å². The van der Waals surface area contributed by atoms with Crippen molar-refractivity contribution in [3.8, 4) is 22.6 Å². The van der Waals surface area contributed by atoms with Gasteiger partial charge in [-0.2, -0.15) is 0 Å². The fourth-order valence-electron chi connectivity index (χ4n) is 4.29. The lowest BCUT2D eigenvalue weighted by atomic mass is 10.1. The van der Waals surface area contributed by atoms with Crippen LogP contribution in [0.4, 0.5) is 20.8 Å². The molecule has 1 fully saturated rings. The molecule has 9 nitrogen and oxygen atoms in total. The Morgan fingerprint density at radius 3 is 2.42 bits per heavy atom. The van der Waals surface area contributed by atoms with Gasteiger partial charge in [0.2, 0.25) is 0 Å². The van der Waals surface area contributed by atoms with E-state index in [-0.39, 0.29) is 27.7 Å². The lowest BCUT2D eigenvalue weighted by molar-refractivity contribution is 0.0240. The summed E-state index contributed by atoms with van der Waals surface area (Å²) in [5.74, 6) is 1.10. The molecule has 1 atom stereocenters. The van der Waals surface area contributed by atoms with Gasteiger partial charge in [0.15, 0.2) is 11.6 Å². The number of carbonyl (C=O) groups excluding carboxylic acids is 1. The normalized spacial score (nSPS) is 14.6. The van der Waals surface area contributed by atoms with Crippen LogP contribution in [0.15, 0.2) is 36.7 Å². The molecule has 12 heteroatoms. The molecule has 0 unspecified atom stereocenters. The molecule has 214 valence electrons. The van der Waals surface area contributed by atoms with Crippen LogP contribution in [0.1, 0.15) is 39.4 Å². The molecule has 2 aromatic heterocycles. The molecule has 1 amide bonds. The van der Waals surface area contributed by atoms with Crippen LogP contribution in [0.3, 0.4) is 0 Å². The number of carbonyl (C=O) groups is 1. The predicted molar refractivity (Wildman–Crippen MR) is 154 cm³/mol. The molecule has 4 rings (SSSR count). The highest BCUT2D eigenvalue weighted by Crippen LogP contribution is 2.39. The first-order valence-corrected chi connectivity index (χ1v) is 13.5. The van der Waals surface area contributed by atoms with Crippen molar-refractivity contribution < 1.29 is 23.4 Å². The smallest absolute Gasteiger partial charge is 0.410 e. The Balaban J connectivity index is 1.52. The average molecular weight is 592 g/mol. The third-order valence-electron chi connectivity index (χ3n) is 6.31. The number of anilines is 2. The van der Waals surface area contributed by atoms with Gasteiger partial charge in [0.25, 0.3) is 0 Å². The summed E-state index contributed by atoms with van der Waals surface area (Å²) in [7, 11) is 1.57. The Kier molecular flexibility index (Phi) is 8.80. The summed E-state index contributed by atoms with van der Waals surface area (Å²) in [5, 5.41) is 0.158. The van der Waals surface area contributed by atoms with E-state index in [1.165, 1.54) is 12.1 Å². The van der Waals surface area contributed by atoms with Crippen molar-refractivity contribution in [2.75, 3.05) is 43.9 Å². The van der Waals surface area contributed by atoms with Gasteiger partial charge >= 0.3 is 6.09 Å². The van der Waals surface area contributed by atoms with Crippen molar-refractivity contribution in [1.29, 1.82) is 0 Å². The monoisotopic (exact) mass is 591 g/mol. The van der Waals surface area contributed by atoms with Crippen molar-refractivity contribution in [2.45, 2.75) is 39.4 Å². The number of benzene rings is 1. The number of hydrogen-bond donors (Lipinski definition) is 1. The summed E-state index contributed by atoms with van der Waals surface area (Å²) in [6.07, 6.45) is 2.25. The first-order valence-electron chi connectivity index (χ1n) is 12.7. The largest absolute Gasteiger partial charge is 0.496 e. The van der Waals surface area contributed by atoms with Crippen molar-refractivity contribution in [2.24, 2.45) is 0 Å². The number of nitrogen functional groups attached to an aromatic ring is 1. The first kappa shape index (κ1) is 29.5. The number of methoxy groups -OCH3 is 1. The number of nitrogens with zero attached hydrogens (tertiary/aromatic N) is 4. The third-order valence-corrected chi connectivity index (χ3v) is 7.02. The van der Waals surface area contributed by atoms with Gasteiger partial charge in [0, 0.05) is 66.4 Å². The molecular formula is C28H32Cl2FN5O4. The van der Waals surface area contributed by atoms with Crippen LogP contribution in [0.25, 0.3) is 11.1 Å². The summed E-state index contributed by atoms with van der Waals surface area (Å²) in [6, 6.07) is 6.16. The zero-order chi connectivity index (χ0) is 29.2. The number of halogens is 3. The molecule has 0 saturated carbocycles. The van der Waals surface area contributed by atoms with E-state index in [4.69, 9.17) is 43.1 Å². The molecule has 40 heavy (non-hydrogen) atoms. The fraction of sp³-hybridized carbons (Fsp3) is 0.393. The van der Waals surface area contributed by atoms with E-state index in [1.807, 2.05) is 26.8 Å². The van der Waals surface area contributed by atoms with Gasteiger partial charge < -0.3 is 29.7 Å². The number of aromatic nitrogens is 2. The molecular weight excluding hydrogens is 560 g/mol. The second-order valence-corrected chi connectivity index (χ2v) is 11.1. The Morgan fingerprint density at radius 1 is 1.07 bits per heavy atom. The quantitative estimate of drug-likeness (QED) is 0.329. The van der Waals surface area contributed by atoms with Gasteiger partial charge in [-0.15, -0.1) is 0 Å². The summed E-state index contributed by atoms with van der Waals surface area (Å²) >= 11 is 12.4. The number of nitrogens with two attached hydrogens (primary N) is 1. The first-order chi connectivity index (χ1) is 18.9. The molecule has 1 aliphatic rings. The standard InChI is InChI=1S/C28H32Cl2FN5O4/c1-16(24-19(29)6-7-20(31)25(24)30)39-22-12-17(14-34-26(22)32)18-15-33-23(13-21(18)38-5)35-8-10-36(11-9-35)27(37)40-28(2,3)4/h6-7,12-16H,8-11H2,1-5H3,(H2,32,34)/t16-/m1/s1. The zero-order valence-corrected chi connectivity index (χ0v) is 24.5. The van der Waals surface area contributed by atoms with Crippen LogP contribution in [0.5, 0.6) is 11.5 Å². The van der Waals surface area contributed by atoms with Gasteiger partial charge in [0.1, 0.15) is 29.1 Å². The van der Waals surface area contributed by atoms with Crippen molar-refractivity contribution in [3.05, 3.63) is 58.1 Å². The predicted octanol–water partition coefficient (Wildman–Crippen LogP) is 6.38. The van der Waals surface area contributed by atoms with Crippen LogP contribution in [0.2, 0.25) is 10.0 Å². The second-order valence-electron chi connectivity index (χ2n) is 10.3. The minimum absolute atomic E-state index is 0.115.